The second kappa shape index (κ2) is 18.9. The Morgan fingerprint density at radius 1 is 0.654 bits per heavy atom. The molecule has 8 nitrogen and oxygen atoms in total. The molecular formula is C14H16K4O8. The molecule has 0 aromatic rings. The summed E-state index contributed by atoms with van der Waals surface area (Å²) in [6, 6.07) is 0. The van der Waals surface area contributed by atoms with Crippen LogP contribution in [0.5, 0.6) is 0 Å². The number of hydrogen-bond donors (Lipinski definition) is 0. The van der Waals surface area contributed by atoms with Crippen LogP contribution < -0.4 is 226 Å². The van der Waals surface area contributed by atoms with E-state index in [4.69, 9.17) is 0 Å². The smallest absolute Gasteiger partial charge is 0.550 e. The maximum Gasteiger partial charge on any atom is 1.00 e. The van der Waals surface area contributed by atoms with E-state index in [9.17, 15) is 39.6 Å². The Morgan fingerprint density at radius 2 is 0.962 bits per heavy atom. The van der Waals surface area contributed by atoms with Gasteiger partial charge in [-0.2, -0.15) is 0 Å². The molecule has 0 N–H and O–H groups in total. The Kier molecular flexibility index (Phi) is 27.5. The molecule has 1 aliphatic rings. The van der Waals surface area contributed by atoms with Gasteiger partial charge in [0.05, 0.1) is 0 Å². The molecule has 0 saturated heterocycles. The van der Waals surface area contributed by atoms with Gasteiger partial charge in [0.15, 0.2) is 0 Å². The maximum atomic E-state index is 11.4. The third-order valence-electron chi connectivity index (χ3n) is 4.48. The van der Waals surface area contributed by atoms with E-state index in [1.807, 2.05) is 0 Å². The zero-order valence-corrected chi connectivity index (χ0v) is 28.4. The van der Waals surface area contributed by atoms with Crippen LogP contribution >= 0.6 is 0 Å². The number of carboxylic acids is 4. The van der Waals surface area contributed by atoms with Crippen LogP contribution in [-0.4, -0.2) is 23.9 Å². The summed E-state index contributed by atoms with van der Waals surface area (Å²) in [6.45, 7) is 0. The third-order valence-corrected chi connectivity index (χ3v) is 4.48. The molecule has 0 aromatic carbocycles. The minimum absolute atomic E-state index is 0. The maximum absolute atomic E-state index is 11.4. The van der Waals surface area contributed by atoms with E-state index in [1.54, 1.807) is 0 Å². The topological polar surface area (TPSA) is 161 Å². The summed E-state index contributed by atoms with van der Waals surface area (Å²) in [4.78, 5) is 44.4. The van der Waals surface area contributed by atoms with Crippen molar-refractivity contribution < 1.29 is 245 Å². The summed E-state index contributed by atoms with van der Waals surface area (Å²) >= 11 is 0. The second-order valence-electron chi connectivity index (χ2n) is 5.69. The van der Waals surface area contributed by atoms with E-state index in [0.29, 0.717) is 12.8 Å². The standard InChI is InChI=1S/C14H20O8.4K/c15-10(16)6-8(12(19)20)14(4-2-1-3-5-14)9(13(21)22)7-11(17)18;;;;/h8-9H,1-7H2,(H,15,16)(H,17,18)(H,19,20)(H,21,22);;;;/q;4*+1/p-4. The minimum atomic E-state index is -1.73. The van der Waals surface area contributed by atoms with E-state index in [0.717, 1.165) is 6.42 Å². The van der Waals surface area contributed by atoms with Crippen LogP contribution in [0.15, 0.2) is 0 Å². The number of carbonyl (C=O) groups excluding carboxylic acids is 4. The van der Waals surface area contributed by atoms with Gasteiger partial charge in [-0.25, -0.2) is 0 Å². The Bertz CT molecular complexity index is 444. The summed E-state index contributed by atoms with van der Waals surface area (Å²) in [5.74, 6) is -10.1. The number of hydrogen-bond acceptors (Lipinski definition) is 8. The quantitative estimate of drug-likeness (QED) is 0.317. The van der Waals surface area contributed by atoms with Crippen molar-refractivity contribution in [3.05, 3.63) is 0 Å². The Hall–Kier alpha value is 4.43. The number of aliphatic carboxylic acids is 4. The van der Waals surface area contributed by atoms with Crippen molar-refractivity contribution in [1.29, 1.82) is 0 Å². The fourth-order valence-electron chi connectivity index (χ4n) is 3.53. The summed E-state index contributed by atoms with van der Waals surface area (Å²) in [5, 5.41) is 44.4. The third kappa shape index (κ3) is 11.9. The largest absolute Gasteiger partial charge is 1.00 e. The average Bonchev–Trinajstić information content (AvgIpc) is 2.42. The molecule has 1 saturated carbocycles. The van der Waals surface area contributed by atoms with Gasteiger partial charge in [0.1, 0.15) is 0 Å². The normalized spacial score (nSPS) is 16.8. The molecule has 0 spiro atoms. The predicted molar refractivity (Wildman–Crippen MR) is 61.8 cm³/mol. The fraction of sp³-hybridized carbons (Fsp3) is 0.714. The molecule has 124 valence electrons. The average molecular weight is 469 g/mol. The van der Waals surface area contributed by atoms with Crippen LogP contribution in [0.2, 0.25) is 0 Å². The monoisotopic (exact) mass is 468 g/mol. The molecule has 0 heterocycles. The zero-order valence-electron chi connectivity index (χ0n) is 15.9. The van der Waals surface area contributed by atoms with Crippen molar-refractivity contribution in [3.8, 4) is 0 Å². The number of rotatable bonds is 8. The molecule has 0 bridgehead atoms. The van der Waals surface area contributed by atoms with Crippen LogP contribution in [-0.2, 0) is 19.2 Å². The molecule has 0 aromatic heterocycles. The molecule has 0 amide bonds. The molecular weight excluding hydrogens is 453 g/mol. The number of carbonyl (C=O) groups is 4. The first-order valence-electron chi connectivity index (χ1n) is 7.02. The van der Waals surface area contributed by atoms with Gasteiger partial charge >= 0.3 is 206 Å². The fourth-order valence-corrected chi connectivity index (χ4v) is 3.53. The molecule has 2 atom stereocenters. The Morgan fingerprint density at radius 3 is 1.19 bits per heavy atom. The van der Waals surface area contributed by atoms with Gasteiger partial charge in [0.25, 0.3) is 0 Å². The van der Waals surface area contributed by atoms with Crippen LogP contribution in [0.3, 0.4) is 0 Å². The molecule has 0 aliphatic heterocycles. The van der Waals surface area contributed by atoms with Crippen LogP contribution in [0.1, 0.15) is 44.9 Å². The summed E-state index contributed by atoms with van der Waals surface area (Å²) in [5.41, 5.74) is -1.55. The van der Waals surface area contributed by atoms with E-state index >= 15 is 0 Å². The van der Waals surface area contributed by atoms with Crippen LogP contribution in [0.4, 0.5) is 0 Å². The number of carboxylic acid groups (broad SMARTS) is 4. The van der Waals surface area contributed by atoms with Gasteiger partial charge < -0.3 is 39.6 Å². The van der Waals surface area contributed by atoms with Gasteiger partial charge in [-0.05, 0) is 31.1 Å². The van der Waals surface area contributed by atoms with E-state index < -0.39 is 54.0 Å². The molecule has 1 fully saturated rings. The van der Waals surface area contributed by atoms with Crippen LogP contribution in [0, 0.1) is 17.3 Å². The molecule has 1 aliphatic carbocycles. The van der Waals surface area contributed by atoms with Crippen molar-refractivity contribution in [3.63, 3.8) is 0 Å². The van der Waals surface area contributed by atoms with E-state index in [2.05, 4.69) is 0 Å². The van der Waals surface area contributed by atoms with Crippen molar-refractivity contribution in [2.24, 2.45) is 17.3 Å². The SMILES string of the molecule is O=C([O-])CC(C(=O)[O-])C1(C(CC(=O)[O-])C(=O)[O-])CCCCC1.[K+].[K+].[K+].[K+]. The van der Waals surface area contributed by atoms with Gasteiger partial charge in [0, 0.05) is 35.7 Å². The minimum Gasteiger partial charge on any atom is -0.550 e. The van der Waals surface area contributed by atoms with Gasteiger partial charge in [-0.1, -0.05) is 19.3 Å². The predicted octanol–water partition coefficient (Wildman–Crippen LogP) is -16.0. The zero-order chi connectivity index (χ0) is 16.9. The first kappa shape index (κ1) is 37.7. The Labute approximate surface area is 322 Å². The molecule has 12 heteroatoms. The van der Waals surface area contributed by atoms with E-state index in [1.165, 1.54) is 0 Å². The van der Waals surface area contributed by atoms with E-state index in [-0.39, 0.29) is 218 Å². The summed E-state index contributed by atoms with van der Waals surface area (Å²) in [6.07, 6.45) is -0.0622. The molecule has 26 heavy (non-hydrogen) atoms. The van der Waals surface area contributed by atoms with Gasteiger partial charge in [-0.3, -0.25) is 0 Å². The van der Waals surface area contributed by atoms with Gasteiger partial charge in [0.2, 0.25) is 0 Å². The molecule has 0 radical (unpaired) electrons. The van der Waals surface area contributed by atoms with Crippen molar-refractivity contribution >= 4 is 23.9 Å². The van der Waals surface area contributed by atoms with Crippen LogP contribution in [0.25, 0.3) is 0 Å². The summed E-state index contributed by atoms with van der Waals surface area (Å²) in [7, 11) is 0. The first-order valence-corrected chi connectivity index (χ1v) is 7.02. The second-order valence-corrected chi connectivity index (χ2v) is 5.69. The Balaban J connectivity index is -0.000000605. The van der Waals surface area contributed by atoms with Crippen molar-refractivity contribution in [2.75, 3.05) is 0 Å². The van der Waals surface area contributed by atoms with Gasteiger partial charge in [-0.15, -0.1) is 0 Å². The first-order chi connectivity index (χ1) is 10.2. The van der Waals surface area contributed by atoms with Crippen molar-refractivity contribution in [2.45, 2.75) is 44.9 Å². The molecule has 1 rings (SSSR count). The van der Waals surface area contributed by atoms with Crippen molar-refractivity contribution in [1.82, 2.24) is 0 Å². The summed E-state index contributed by atoms with van der Waals surface area (Å²) < 4.78 is 0. The molecule has 2 unspecified atom stereocenters.